The highest BCUT2D eigenvalue weighted by molar-refractivity contribution is 7.80. The molecular weight excluding hydrogens is 557 g/mol. The maximum absolute atomic E-state index is 12.4. The van der Waals surface area contributed by atoms with Crippen molar-refractivity contribution in [2.75, 3.05) is 5.32 Å². The number of hydrogen-bond acceptors (Lipinski definition) is 6. The van der Waals surface area contributed by atoms with Crippen LogP contribution >= 0.6 is 35.4 Å². The fourth-order valence-corrected chi connectivity index (χ4v) is 4.75. The number of amides is 1. The van der Waals surface area contributed by atoms with Gasteiger partial charge in [0.2, 0.25) is 11.8 Å². The Bertz CT molecular complexity index is 1770. The van der Waals surface area contributed by atoms with E-state index in [1.54, 1.807) is 42.5 Å². The molecule has 5 rings (SSSR count). The lowest BCUT2D eigenvalue weighted by atomic mass is 10.1. The average Bonchev–Trinajstić information content (AvgIpc) is 3.51. The lowest BCUT2D eigenvalue weighted by Crippen LogP contribution is -2.32. The number of benzene rings is 3. The first-order chi connectivity index (χ1) is 18.7. The van der Waals surface area contributed by atoms with Gasteiger partial charge in [-0.3, -0.25) is 10.1 Å². The van der Waals surface area contributed by atoms with Crippen LogP contribution in [-0.2, 0) is 4.79 Å². The molecule has 2 aromatic heterocycles. The largest absolute Gasteiger partial charge is 0.507 e. The standard InChI is InChI=1S/C29H21Cl2N3O4S/c1-15-11-16(2)27-23(12-15)33-28(38-27)21-14-18(4-8-24(21)35)32-29(39)34-26(36)10-6-19-5-9-25(37-19)20-7-3-17(30)13-22(20)31/h3-14,35H,1-2H3,(H2,32,34,36,39)/b10-6+. The van der Waals surface area contributed by atoms with E-state index >= 15 is 0 Å². The van der Waals surface area contributed by atoms with Crippen LogP contribution in [0.15, 0.2) is 75.6 Å². The average molecular weight is 578 g/mol. The van der Waals surface area contributed by atoms with Gasteiger partial charge in [0.05, 0.1) is 10.6 Å². The molecule has 0 aliphatic heterocycles. The molecule has 0 unspecified atom stereocenters. The zero-order chi connectivity index (χ0) is 27.7. The molecular formula is C29H21Cl2N3O4S. The predicted octanol–water partition coefficient (Wildman–Crippen LogP) is 7.91. The van der Waals surface area contributed by atoms with Gasteiger partial charge in [-0.15, -0.1) is 0 Å². The topological polar surface area (TPSA) is 101 Å². The van der Waals surface area contributed by atoms with E-state index in [1.807, 2.05) is 26.0 Å². The highest BCUT2D eigenvalue weighted by Gasteiger charge is 2.15. The van der Waals surface area contributed by atoms with E-state index in [2.05, 4.69) is 15.6 Å². The third kappa shape index (κ3) is 5.98. The molecule has 7 nitrogen and oxygen atoms in total. The molecule has 1 amide bonds. The molecule has 0 radical (unpaired) electrons. The highest BCUT2D eigenvalue weighted by atomic mass is 35.5. The number of aromatic hydroxyl groups is 1. The van der Waals surface area contributed by atoms with E-state index in [-0.39, 0.29) is 16.8 Å². The first-order valence-electron chi connectivity index (χ1n) is 11.7. The number of nitrogens with zero attached hydrogens (tertiary/aromatic N) is 1. The van der Waals surface area contributed by atoms with Gasteiger partial charge in [-0.05, 0) is 97.9 Å². The fraction of sp³-hybridized carbons (Fsp3) is 0.0690. The molecule has 5 aromatic rings. The zero-order valence-corrected chi connectivity index (χ0v) is 23.0. The second-order valence-corrected chi connectivity index (χ2v) is 10.0. The van der Waals surface area contributed by atoms with Crippen molar-refractivity contribution in [3.05, 3.63) is 93.7 Å². The first-order valence-corrected chi connectivity index (χ1v) is 12.9. The summed E-state index contributed by atoms with van der Waals surface area (Å²) in [5.74, 6) is 0.810. The van der Waals surface area contributed by atoms with Gasteiger partial charge >= 0.3 is 0 Å². The Morgan fingerprint density at radius 2 is 1.82 bits per heavy atom. The van der Waals surface area contributed by atoms with Crippen LogP contribution in [0.2, 0.25) is 10.0 Å². The summed E-state index contributed by atoms with van der Waals surface area (Å²) in [6.45, 7) is 3.92. The van der Waals surface area contributed by atoms with Gasteiger partial charge in [-0.2, -0.15) is 0 Å². The lowest BCUT2D eigenvalue weighted by molar-refractivity contribution is -0.115. The van der Waals surface area contributed by atoms with Crippen molar-refractivity contribution in [3.63, 3.8) is 0 Å². The molecule has 0 aliphatic carbocycles. The zero-order valence-electron chi connectivity index (χ0n) is 20.7. The van der Waals surface area contributed by atoms with Crippen LogP contribution in [0.4, 0.5) is 5.69 Å². The molecule has 0 atom stereocenters. The molecule has 0 spiro atoms. The highest BCUT2D eigenvalue weighted by Crippen LogP contribution is 2.35. The number of phenolic OH excluding ortho intramolecular Hbond substituents is 1. The molecule has 0 saturated heterocycles. The Hall–Kier alpha value is -4.11. The summed E-state index contributed by atoms with van der Waals surface area (Å²) in [7, 11) is 0. The first kappa shape index (κ1) is 26.5. The molecule has 196 valence electrons. The fourth-order valence-electron chi connectivity index (χ4n) is 4.03. The summed E-state index contributed by atoms with van der Waals surface area (Å²) < 4.78 is 11.7. The molecule has 2 heterocycles. The summed E-state index contributed by atoms with van der Waals surface area (Å²) in [6, 6.07) is 17.3. The second-order valence-electron chi connectivity index (χ2n) is 8.78. The number of furan rings is 1. The van der Waals surface area contributed by atoms with E-state index < -0.39 is 5.91 Å². The number of phenols is 1. The monoisotopic (exact) mass is 577 g/mol. The Morgan fingerprint density at radius 3 is 2.62 bits per heavy atom. The molecule has 0 aliphatic rings. The van der Waals surface area contributed by atoms with E-state index in [9.17, 15) is 9.90 Å². The molecule has 3 N–H and O–H groups in total. The Balaban J connectivity index is 1.24. The summed E-state index contributed by atoms with van der Waals surface area (Å²) in [5.41, 5.74) is 4.98. The third-order valence-corrected chi connectivity index (χ3v) is 6.52. The van der Waals surface area contributed by atoms with Crippen molar-refractivity contribution < 1.29 is 18.7 Å². The van der Waals surface area contributed by atoms with E-state index in [1.165, 1.54) is 18.2 Å². The summed E-state index contributed by atoms with van der Waals surface area (Å²) in [4.78, 5) is 16.9. The van der Waals surface area contributed by atoms with Crippen molar-refractivity contribution in [1.29, 1.82) is 0 Å². The quantitative estimate of drug-likeness (QED) is 0.111. The van der Waals surface area contributed by atoms with Crippen molar-refractivity contribution in [2.24, 2.45) is 0 Å². The number of hydrogen-bond donors (Lipinski definition) is 3. The second kappa shape index (κ2) is 10.9. The van der Waals surface area contributed by atoms with Gasteiger partial charge in [0, 0.05) is 22.3 Å². The van der Waals surface area contributed by atoms with Gasteiger partial charge in [-0.25, -0.2) is 4.98 Å². The van der Waals surface area contributed by atoms with E-state index in [4.69, 9.17) is 44.3 Å². The maximum atomic E-state index is 12.4. The van der Waals surface area contributed by atoms with Gasteiger partial charge in [0.1, 0.15) is 22.8 Å². The Labute approximate surface area is 239 Å². The van der Waals surface area contributed by atoms with Crippen molar-refractivity contribution >= 4 is 69.3 Å². The summed E-state index contributed by atoms with van der Waals surface area (Å²) >= 11 is 17.5. The van der Waals surface area contributed by atoms with Gasteiger partial charge < -0.3 is 19.3 Å². The number of halogens is 2. The minimum atomic E-state index is -0.459. The van der Waals surface area contributed by atoms with Crippen molar-refractivity contribution in [2.45, 2.75) is 13.8 Å². The number of rotatable bonds is 5. The number of anilines is 1. The van der Waals surface area contributed by atoms with Crippen molar-refractivity contribution in [3.8, 4) is 28.5 Å². The lowest BCUT2D eigenvalue weighted by Gasteiger charge is -2.10. The predicted molar refractivity (Wildman–Crippen MR) is 158 cm³/mol. The van der Waals surface area contributed by atoms with E-state index in [0.29, 0.717) is 49.5 Å². The van der Waals surface area contributed by atoms with Crippen LogP contribution in [0.1, 0.15) is 16.9 Å². The summed E-state index contributed by atoms with van der Waals surface area (Å²) in [6.07, 6.45) is 2.81. The number of thiocarbonyl (C=S) groups is 1. The third-order valence-electron chi connectivity index (χ3n) is 5.76. The normalized spacial score (nSPS) is 11.3. The number of fused-ring (bicyclic) bond motifs is 1. The maximum Gasteiger partial charge on any atom is 0.250 e. The molecule has 0 fully saturated rings. The van der Waals surface area contributed by atoms with Crippen LogP contribution in [0, 0.1) is 13.8 Å². The number of aromatic nitrogens is 1. The number of carbonyl (C=O) groups excluding carboxylic acids is 1. The minimum absolute atomic E-state index is 0.00271. The summed E-state index contributed by atoms with van der Waals surface area (Å²) in [5, 5.41) is 17.0. The van der Waals surface area contributed by atoms with E-state index in [0.717, 1.165) is 11.1 Å². The number of nitrogens with one attached hydrogen (secondary N) is 2. The molecule has 0 bridgehead atoms. The minimum Gasteiger partial charge on any atom is -0.507 e. The number of aryl methyl sites for hydroxylation is 2. The SMILES string of the molecule is Cc1cc(C)c2oc(-c3cc(NC(=S)NC(=O)/C=C/c4ccc(-c5ccc(Cl)cc5Cl)o4)ccc3O)nc2c1. The van der Waals surface area contributed by atoms with Crippen LogP contribution in [0.5, 0.6) is 5.75 Å². The number of carbonyl (C=O) groups is 1. The molecule has 39 heavy (non-hydrogen) atoms. The van der Waals surface area contributed by atoms with Gasteiger partial charge in [-0.1, -0.05) is 29.3 Å². The smallest absolute Gasteiger partial charge is 0.250 e. The Kier molecular flexibility index (Phi) is 7.43. The van der Waals surface area contributed by atoms with Gasteiger partial charge in [0.15, 0.2) is 10.7 Å². The van der Waals surface area contributed by atoms with Crippen LogP contribution < -0.4 is 10.6 Å². The molecule has 3 aromatic carbocycles. The number of oxazole rings is 1. The molecule has 0 saturated carbocycles. The van der Waals surface area contributed by atoms with Gasteiger partial charge in [0.25, 0.3) is 0 Å². The molecule has 10 heteroatoms. The van der Waals surface area contributed by atoms with Crippen LogP contribution in [0.3, 0.4) is 0 Å². The Morgan fingerprint density at radius 1 is 1.00 bits per heavy atom. The van der Waals surface area contributed by atoms with Crippen LogP contribution in [-0.4, -0.2) is 21.1 Å². The van der Waals surface area contributed by atoms with Crippen LogP contribution in [0.25, 0.3) is 40.0 Å². The van der Waals surface area contributed by atoms with Crippen molar-refractivity contribution in [1.82, 2.24) is 10.3 Å².